The Labute approximate surface area is 88.2 Å². The summed E-state index contributed by atoms with van der Waals surface area (Å²) in [6, 6.07) is 5.97. The van der Waals surface area contributed by atoms with E-state index in [0.29, 0.717) is 0 Å². The van der Waals surface area contributed by atoms with Gasteiger partial charge in [-0.2, -0.15) is 0 Å². The minimum Gasteiger partial charge on any atom is -0.205 e. The molecule has 0 N–H and O–H groups in total. The quantitative estimate of drug-likeness (QED) is 0.661. The van der Waals surface area contributed by atoms with E-state index in [1.807, 2.05) is 26.0 Å². The van der Waals surface area contributed by atoms with Crippen molar-refractivity contribution in [2.75, 3.05) is 0 Å². The van der Waals surface area contributed by atoms with Crippen LogP contribution in [-0.4, -0.2) is 7.85 Å². The zero-order chi connectivity index (χ0) is 10.1. The van der Waals surface area contributed by atoms with Crippen LogP contribution in [0.15, 0.2) is 18.2 Å². The molecule has 1 aromatic heterocycles. The van der Waals surface area contributed by atoms with Crippen LogP contribution in [-0.2, 0) is 6.42 Å². The fraction of sp³-hybridized carbons (Fsp3) is 0.273. The molecule has 0 aliphatic heterocycles. The molecule has 72 valence electrons. The molecule has 0 spiro atoms. The Morgan fingerprint density at radius 3 is 2.93 bits per heavy atom. The Bertz CT molecular complexity index is 462. The Kier molecular flexibility index (Phi) is 2.59. The maximum atomic E-state index is 13.9. The standard InChI is InChI=1S/C11H12BFS/c1-2-3-7-4-5-8-6-9(12)14-11(8)10(7)13/h4-6H,2-3,12H2,1H3. The lowest BCUT2D eigenvalue weighted by Gasteiger charge is -2.01. The Balaban J connectivity index is 2.61. The zero-order valence-electron chi connectivity index (χ0n) is 8.43. The highest BCUT2D eigenvalue weighted by Gasteiger charge is 2.08. The molecular weight excluding hydrogens is 194 g/mol. The lowest BCUT2D eigenvalue weighted by atomic mass is 10.1. The molecule has 1 aromatic carbocycles. The molecule has 0 unspecified atom stereocenters. The number of fused-ring (bicyclic) bond motifs is 1. The third kappa shape index (κ3) is 1.57. The SMILES string of the molecule is Bc1cc2ccc(CCC)c(F)c2s1. The van der Waals surface area contributed by atoms with Crippen molar-refractivity contribution >= 4 is 34.0 Å². The van der Waals surface area contributed by atoms with E-state index in [0.717, 1.165) is 28.5 Å². The first-order chi connectivity index (χ1) is 6.72. The van der Waals surface area contributed by atoms with E-state index in [9.17, 15) is 4.39 Å². The van der Waals surface area contributed by atoms with Gasteiger partial charge in [-0.25, -0.2) is 4.39 Å². The summed E-state index contributed by atoms with van der Waals surface area (Å²) in [6.07, 6.45) is 1.82. The van der Waals surface area contributed by atoms with E-state index < -0.39 is 0 Å². The van der Waals surface area contributed by atoms with Crippen molar-refractivity contribution in [3.05, 3.63) is 29.6 Å². The molecule has 0 bridgehead atoms. The number of thiophene rings is 1. The smallest absolute Gasteiger partial charge is 0.152 e. The number of benzene rings is 1. The van der Waals surface area contributed by atoms with Gasteiger partial charge in [0.1, 0.15) is 5.82 Å². The molecule has 0 radical (unpaired) electrons. The second kappa shape index (κ2) is 3.74. The van der Waals surface area contributed by atoms with Crippen molar-refractivity contribution in [3.8, 4) is 0 Å². The first-order valence-electron chi connectivity index (χ1n) is 4.90. The van der Waals surface area contributed by atoms with Crippen LogP contribution < -0.4 is 4.78 Å². The number of halogens is 1. The molecular formula is C11H12BFS. The van der Waals surface area contributed by atoms with Crippen LogP contribution in [0.5, 0.6) is 0 Å². The van der Waals surface area contributed by atoms with E-state index >= 15 is 0 Å². The Morgan fingerprint density at radius 1 is 1.43 bits per heavy atom. The van der Waals surface area contributed by atoms with Gasteiger partial charge in [0.25, 0.3) is 0 Å². The second-order valence-corrected chi connectivity index (χ2v) is 4.82. The van der Waals surface area contributed by atoms with Crippen molar-refractivity contribution in [1.29, 1.82) is 0 Å². The van der Waals surface area contributed by atoms with Crippen molar-refractivity contribution in [3.63, 3.8) is 0 Å². The third-order valence-corrected chi connectivity index (χ3v) is 3.41. The summed E-state index contributed by atoms with van der Waals surface area (Å²) in [6.45, 7) is 2.07. The van der Waals surface area contributed by atoms with Crippen LogP contribution in [0.3, 0.4) is 0 Å². The average Bonchev–Trinajstić information content (AvgIpc) is 2.52. The van der Waals surface area contributed by atoms with Gasteiger partial charge < -0.3 is 0 Å². The summed E-state index contributed by atoms with van der Waals surface area (Å²) in [5.74, 6) is -0.0116. The summed E-state index contributed by atoms with van der Waals surface area (Å²) in [7, 11) is 2.02. The molecule has 0 saturated heterocycles. The predicted molar refractivity (Wildman–Crippen MR) is 64.0 cm³/mol. The van der Waals surface area contributed by atoms with Gasteiger partial charge in [-0.1, -0.05) is 31.5 Å². The van der Waals surface area contributed by atoms with Gasteiger partial charge in [0.05, 0.1) is 4.70 Å². The highest BCUT2D eigenvalue weighted by molar-refractivity contribution is 7.26. The molecule has 14 heavy (non-hydrogen) atoms. The maximum Gasteiger partial charge on any atom is 0.152 e. The van der Waals surface area contributed by atoms with E-state index in [1.54, 1.807) is 11.3 Å². The van der Waals surface area contributed by atoms with Crippen LogP contribution in [0.1, 0.15) is 18.9 Å². The van der Waals surface area contributed by atoms with E-state index in [1.165, 1.54) is 4.78 Å². The lowest BCUT2D eigenvalue weighted by molar-refractivity contribution is 0.621. The number of hydrogen-bond donors (Lipinski definition) is 0. The zero-order valence-corrected chi connectivity index (χ0v) is 9.25. The van der Waals surface area contributed by atoms with E-state index in [4.69, 9.17) is 0 Å². The molecule has 0 atom stereocenters. The van der Waals surface area contributed by atoms with Crippen molar-refractivity contribution in [2.24, 2.45) is 0 Å². The highest BCUT2D eigenvalue weighted by Crippen LogP contribution is 2.25. The van der Waals surface area contributed by atoms with E-state index in [2.05, 4.69) is 6.92 Å². The van der Waals surface area contributed by atoms with Gasteiger partial charge in [0.15, 0.2) is 7.85 Å². The predicted octanol–water partition coefficient (Wildman–Crippen LogP) is 2.25. The fourth-order valence-electron chi connectivity index (χ4n) is 1.70. The van der Waals surface area contributed by atoms with Crippen LogP contribution >= 0.6 is 11.3 Å². The highest BCUT2D eigenvalue weighted by atomic mass is 32.1. The number of hydrogen-bond acceptors (Lipinski definition) is 1. The fourth-order valence-corrected chi connectivity index (χ4v) is 2.67. The molecule has 0 saturated carbocycles. The van der Waals surface area contributed by atoms with E-state index in [-0.39, 0.29) is 5.82 Å². The second-order valence-electron chi connectivity index (χ2n) is 3.56. The average molecular weight is 206 g/mol. The van der Waals surface area contributed by atoms with Crippen molar-refractivity contribution in [1.82, 2.24) is 0 Å². The lowest BCUT2D eigenvalue weighted by Crippen LogP contribution is -1.89. The van der Waals surface area contributed by atoms with Crippen molar-refractivity contribution in [2.45, 2.75) is 19.8 Å². The Hall–Kier alpha value is -0.825. The summed E-state index contributed by atoms with van der Waals surface area (Å²) in [5.41, 5.74) is 0.849. The molecule has 2 rings (SSSR count). The normalized spacial score (nSPS) is 11.0. The largest absolute Gasteiger partial charge is 0.205 e. The van der Waals surface area contributed by atoms with Crippen LogP contribution in [0.4, 0.5) is 4.39 Å². The molecule has 1 heterocycles. The summed E-state index contributed by atoms with van der Waals surface area (Å²) in [5, 5.41) is 1.03. The van der Waals surface area contributed by atoms with Crippen molar-refractivity contribution < 1.29 is 4.39 Å². The van der Waals surface area contributed by atoms with Gasteiger partial charge in [-0.15, -0.1) is 11.3 Å². The monoisotopic (exact) mass is 206 g/mol. The van der Waals surface area contributed by atoms with Crippen LogP contribution in [0.25, 0.3) is 10.1 Å². The molecule has 3 heteroatoms. The number of aryl methyl sites for hydroxylation is 1. The summed E-state index contributed by atoms with van der Waals surface area (Å²) in [4.78, 5) is 0. The van der Waals surface area contributed by atoms with Gasteiger partial charge in [-0.05, 0) is 22.1 Å². The van der Waals surface area contributed by atoms with Gasteiger partial charge in [0, 0.05) is 0 Å². The Morgan fingerprint density at radius 2 is 2.21 bits per heavy atom. The summed E-state index contributed by atoms with van der Waals surface area (Å²) < 4.78 is 15.9. The molecule has 0 fully saturated rings. The number of rotatable bonds is 2. The minimum atomic E-state index is -0.0116. The first kappa shape index (κ1) is 9.72. The topological polar surface area (TPSA) is 0 Å². The molecule has 0 nitrogen and oxygen atoms in total. The first-order valence-corrected chi connectivity index (χ1v) is 5.71. The molecule has 2 aromatic rings. The van der Waals surface area contributed by atoms with Crippen LogP contribution in [0, 0.1) is 5.82 Å². The van der Waals surface area contributed by atoms with Gasteiger partial charge >= 0.3 is 0 Å². The molecule has 0 aliphatic rings. The minimum absolute atomic E-state index is 0.0116. The van der Waals surface area contributed by atoms with Gasteiger partial charge in [0.2, 0.25) is 0 Å². The molecule has 0 aliphatic carbocycles. The molecule has 0 amide bonds. The third-order valence-electron chi connectivity index (χ3n) is 2.35. The summed E-state index contributed by atoms with van der Waals surface area (Å²) >= 11 is 1.54. The van der Waals surface area contributed by atoms with Gasteiger partial charge in [-0.3, -0.25) is 0 Å². The maximum absolute atomic E-state index is 13.9. The van der Waals surface area contributed by atoms with Crippen LogP contribution in [0.2, 0.25) is 0 Å².